The zero-order chi connectivity index (χ0) is 13.3. The summed E-state index contributed by atoms with van der Waals surface area (Å²) in [6, 6.07) is 4.76. The average molecular weight is 278 g/mol. The van der Waals surface area contributed by atoms with Crippen molar-refractivity contribution in [3.8, 4) is 0 Å². The van der Waals surface area contributed by atoms with Crippen LogP contribution < -0.4 is 10.5 Å². The second kappa shape index (κ2) is 4.53. The Kier molecular flexibility index (Phi) is 3.68. The van der Waals surface area contributed by atoms with Crippen LogP contribution in [0.5, 0.6) is 0 Å². The molecule has 3 N–H and O–H groups in total. The molecular formula is C9H14N2O4S2. The third kappa shape index (κ3) is 4.61. The highest BCUT2D eigenvalue weighted by Crippen LogP contribution is 2.20. The largest absolute Gasteiger partial charge is 0.397 e. The number of nitrogens with one attached hydrogen (secondary N) is 1. The molecule has 1 rings (SSSR count). The zero-order valence-corrected chi connectivity index (χ0v) is 11.1. The van der Waals surface area contributed by atoms with Crippen molar-refractivity contribution in [1.82, 2.24) is 0 Å². The summed E-state index contributed by atoms with van der Waals surface area (Å²) in [5.74, 6) is 0. The van der Waals surface area contributed by atoms with Crippen molar-refractivity contribution in [1.29, 1.82) is 0 Å². The number of hydrogen-bond acceptors (Lipinski definition) is 5. The maximum absolute atomic E-state index is 11.5. The molecule has 17 heavy (non-hydrogen) atoms. The van der Waals surface area contributed by atoms with Gasteiger partial charge in [0.2, 0.25) is 10.0 Å². The Balaban J connectivity index is 2.99. The predicted molar refractivity (Wildman–Crippen MR) is 67.8 cm³/mol. The maximum Gasteiger partial charge on any atom is 0.247 e. The van der Waals surface area contributed by atoms with Crippen molar-refractivity contribution in [2.24, 2.45) is 0 Å². The molecule has 0 radical (unpaired) electrons. The number of nitrogen functional groups attached to an aromatic ring is 1. The topological polar surface area (TPSA) is 106 Å². The number of aryl methyl sites for hydroxylation is 1. The van der Waals surface area contributed by atoms with Crippen molar-refractivity contribution in [2.45, 2.75) is 6.92 Å². The summed E-state index contributed by atoms with van der Waals surface area (Å²) in [5.41, 5.74) is 6.93. The molecule has 0 aliphatic heterocycles. The first-order valence-electron chi connectivity index (χ1n) is 4.63. The highest BCUT2D eigenvalue weighted by Gasteiger charge is 2.18. The van der Waals surface area contributed by atoms with E-state index >= 15 is 0 Å². The molecule has 0 aliphatic carbocycles. The van der Waals surface area contributed by atoms with Crippen LogP contribution in [0.3, 0.4) is 0 Å². The fourth-order valence-corrected chi connectivity index (χ4v) is 4.27. The van der Waals surface area contributed by atoms with Gasteiger partial charge in [-0.2, -0.15) is 0 Å². The Hall–Kier alpha value is -1.28. The number of rotatable bonds is 4. The van der Waals surface area contributed by atoms with Crippen LogP contribution in [0.15, 0.2) is 18.2 Å². The summed E-state index contributed by atoms with van der Waals surface area (Å²) in [6.45, 7) is 1.81. The quantitative estimate of drug-likeness (QED) is 0.771. The first-order chi connectivity index (χ1) is 7.59. The monoisotopic (exact) mass is 278 g/mol. The lowest BCUT2D eigenvalue weighted by Gasteiger charge is -2.09. The second-order valence-electron chi connectivity index (χ2n) is 3.85. The predicted octanol–water partition coefficient (Wildman–Crippen LogP) is 0.321. The Morgan fingerprint density at radius 2 is 1.82 bits per heavy atom. The molecule has 0 heterocycles. The summed E-state index contributed by atoms with van der Waals surface area (Å²) in [4.78, 5) is 0. The first kappa shape index (κ1) is 13.8. The summed E-state index contributed by atoms with van der Waals surface area (Å²) < 4.78 is 47.0. The number of nitrogens with two attached hydrogens (primary N) is 1. The second-order valence-corrected chi connectivity index (χ2v) is 8.08. The molecule has 0 unspecified atom stereocenters. The molecule has 0 saturated carbocycles. The van der Waals surface area contributed by atoms with E-state index in [1.807, 2.05) is 6.92 Å². The third-order valence-electron chi connectivity index (χ3n) is 1.84. The minimum Gasteiger partial charge on any atom is -0.397 e. The molecule has 0 aliphatic rings. The lowest BCUT2D eigenvalue weighted by atomic mass is 10.2. The lowest BCUT2D eigenvalue weighted by molar-refractivity contribution is 0.595. The molecular weight excluding hydrogens is 264 g/mol. The zero-order valence-electron chi connectivity index (χ0n) is 9.47. The van der Waals surface area contributed by atoms with Crippen molar-refractivity contribution in [3.05, 3.63) is 23.8 Å². The van der Waals surface area contributed by atoms with Gasteiger partial charge in [0.15, 0.2) is 14.9 Å². The molecule has 0 bridgehead atoms. The SMILES string of the molecule is Cc1ccc(NS(=O)(=O)CS(C)(=O)=O)c(N)c1. The van der Waals surface area contributed by atoms with Gasteiger partial charge in [0.05, 0.1) is 11.4 Å². The molecule has 0 fully saturated rings. The van der Waals surface area contributed by atoms with Gasteiger partial charge < -0.3 is 5.73 Å². The molecule has 1 aromatic carbocycles. The van der Waals surface area contributed by atoms with Gasteiger partial charge in [-0.05, 0) is 24.6 Å². The molecule has 6 nitrogen and oxygen atoms in total. The van der Waals surface area contributed by atoms with Crippen molar-refractivity contribution < 1.29 is 16.8 Å². The van der Waals surface area contributed by atoms with Gasteiger partial charge in [0.1, 0.15) is 0 Å². The number of sulfone groups is 1. The van der Waals surface area contributed by atoms with Gasteiger partial charge >= 0.3 is 0 Å². The van der Waals surface area contributed by atoms with Crippen molar-refractivity contribution in [2.75, 3.05) is 21.8 Å². The van der Waals surface area contributed by atoms with Crippen molar-refractivity contribution in [3.63, 3.8) is 0 Å². The van der Waals surface area contributed by atoms with E-state index in [0.717, 1.165) is 11.8 Å². The summed E-state index contributed by atoms with van der Waals surface area (Å²) in [7, 11) is -7.56. The normalized spacial score (nSPS) is 12.4. The van der Waals surface area contributed by atoms with E-state index in [9.17, 15) is 16.8 Å². The Morgan fingerprint density at radius 1 is 1.24 bits per heavy atom. The number of hydrogen-bond donors (Lipinski definition) is 2. The highest BCUT2D eigenvalue weighted by molar-refractivity contribution is 8.08. The minimum atomic E-state index is -3.95. The van der Waals surface area contributed by atoms with Crippen LogP contribution in [0.1, 0.15) is 5.56 Å². The third-order valence-corrected chi connectivity index (χ3v) is 5.33. The highest BCUT2D eigenvalue weighted by atomic mass is 32.3. The van der Waals surface area contributed by atoms with Gasteiger partial charge in [0, 0.05) is 6.26 Å². The molecule has 8 heteroatoms. The Bertz CT molecular complexity index is 620. The van der Waals surface area contributed by atoms with E-state index in [4.69, 9.17) is 5.73 Å². The van der Waals surface area contributed by atoms with Gasteiger partial charge in [-0.25, -0.2) is 16.8 Å². The van der Waals surface area contributed by atoms with Crippen LogP contribution in [-0.2, 0) is 19.9 Å². The molecule has 0 atom stereocenters. The van der Waals surface area contributed by atoms with E-state index < -0.39 is 24.9 Å². The molecule has 1 aromatic rings. The molecule has 0 saturated heterocycles. The number of benzene rings is 1. The fourth-order valence-electron chi connectivity index (χ4n) is 1.25. The van der Waals surface area contributed by atoms with Crippen LogP contribution in [0.25, 0.3) is 0 Å². The maximum atomic E-state index is 11.5. The smallest absolute Gasteiger partial charge is 0.247 e. The fraction of sp³-hybridized carbons (Fsp3) is 0.333. The van der Waals surface area contributed by atoms with E-state index in [1.54, 1.807) is 12.1 Å². The summed E-state index contributed by atoms with van der Waals surface area (Å²) in [6.07, 6.45) is 0.852. The number of anilines is 2. The van der Waals surface area contributed by atoms with Crippen LogP contribution in [-0.4, -0.2) is 28.2 Å². The number of sulfonamides is 1. The standard InChI is InChI=1S/C9H14N2O4S2/c1-7-3-4-9(8(10)5-7)11-17(14,15)6-16(2,12)13/h3-5,11H,6,10H2,1-2H3. The van der Waals surface area contributed by atoms with Crippen molar-refractivity contribution >= 4 is 31.2 Å². The van der Waals surface area contributed by atoms with Crippen LogP contribution in [0.4, 0.5) is 11.4 Å². The van der Waals surface area contributed by atoms with Gasteiger partial charge in [-0.3, -0.25) is 4.72 Å². The van der Waals surface area contributed by atoms with Gasteiger partial charge in [-0.15, -0.1) is 0 Å². The van der Waals surface area contributed by atoms with E-state index in [2.05, 4.69) is 4.72 Å². The average Bonchev–Trinajstić information content (AvgIpc) is 2.05. The Labute approximate surface area is 101 Å². The van der Waals surface area contributed by atoms with E-state index in [0.29, 0.717) is 0 Å². The first-order valence-corrected chi connectivity index (χ1v) is 8.35. The van der Waals surface area contributed by atoms with Gasteiger partial charge in [-0.1, -0.05) is 6.07 Å². The van der Waals surface area contributed by atoms with E-state index in [-0.39, 0.29) is 11.4 Å². The van der Waals surface area contributed by atoms with Gasteiger partial charge in [0.25, 0.3) is 0 Å². The van der Waals surface area contributed by atoms with E-state index in [1.165, 1.54) is 6.07 Å². The summed E-state index contributed by atoms with van der Waals surface area (Å²) in [5, 5.41) is -0.965. The molecule has 0 spiro atoms. The Morgan fingerprint density at radius 3 is 2.29 bits per heavy atom. The summed E-state index contributed by atoms with van der Waals surface area (Å²) >= 11 is 0. The van der Waals surface area contributed by atoms with Crippen LogP contribution in [0, 0.1) is 6.92 Å². The lowest BCUT2D eigenvalue weighted by Crippen LogP contribution is -2.22. The minimum absolute atomic E-state index is 0.180. The molecule has 0 aromatic heterocycles. The van der Waals surface area contributed by atoms with Crippen LogP contribution in [0.2, 0.25) is 0 Å². The van der Waals surface area contributed by atoms with Crippen LogP contribution >= 0.6 is 0 Å². The molecule has 96 valence electrons. The molecule has 0 amide bonds.